The summed E-state index contributed by atoms with van der Waals surface area (Å²) in [7, 11) is 0. The lowest BCUT2D eigenvalue weighted by Crippen LogP contribution is -2.06. The summed E-state index contributed by atoms with van der Waals surface area (Å²) in [4.78, 5) is 21.3. The van der Waals surface area contributed by atoms with Crippen LogP contribution < -0.4 is 0 Å². The van der Waals surface area contributed by atoms with Crippen LogP contribution in [0, 0.1) is 11.3 Å². The van der Waals surface area contributed by atoms with Gasteiger partial charge in [-0.2, -0.15) is 5.26 Å². The highest BCUT2D eigenvalue weighted by atomic mass is 16.4. The Hall–Kier alpha value is -2.15. The average molecular weight is 217 g/mol. The molecule has 1 N–H and O–H groups in total. The van der Waals surface area contributed by atoms with E-state index >= 15 is 0 Å². The van der Waals surface area contributed by atoms with Crippen LogP contribution in [0.4, 0.5) is 0 Å². The van der Waals surface area contributed by atoms with Gasteiger partial charge in [-0.1, -0.05) is 6.92 Å². The predicted molar refractivity (Wildman–Crippen MR) is 57.3 cm³/mol. The van der Waals surface area contributed by atoms with Gasteiger partial charge in [0.15, 0.2) is 0 Å². The fourth-order valence-corrected chi connectivity index (χ4v) is 1.66. The molecule has 0 aliphatic carbocycles. The molecule has 16 heavy (non-hydrogen) atoms. The molecule has 0 atom stereocenters. The maximum absolute atomic E-state index is 10.7. The first-order valence-electron chi connectivity index (χ1n) is 4.85. The monoisotopic (exact) mass is 217 g/mol. The van der Waals surface area contributed by atoms with Crippen LogP contribution in [-0.2, 0) is 17.6 Å². The van der Waals surface area contributed by atoms with Crippen LogP contribution in [0.3, 0.4) is 0 Å². The lowest BCUT2D eigenvalue weighted by atomic mass is 9.95. The summed E-state index contributed by atoms with van der Waals surface area (Å²) in [5.41, 5.74) is 1.96. The van der Waals surface area contributed by atoms with Gasteiger partial charge in [-0.25, -0.2) is 0 Å². The van der Waals surface area contributed by atoms with Crippen LogP contribution in [0.5, 0.6) is 0 Å². The highest BCUT2D eigenvalue weighted by molar-refractivity contribution is 5.78. The van der Waals surface area contributed by atoms with Gasteiger partial charge in [0.1, 0.15) is 6.29 Å². The van der Waals surface area contributed by atoms with Crippen LogP contribution in [0.1, 0.15) is 34.0 Å². The molecule has 1 rings (SSSR count). The summed E-state index contributed by atoms with van der Waals surface area (Å²) in [6.07, 6.45) is 1.02. The minimum atomic E-state index is -0.971. The van der Waals surface area contributed by atoms with Crippen molar-refractivity contribution in [2.45, 2.75) is 19.8 Å². The molecular weight excluding hydrogens is 206 g/mol. The van der Waals surface area contributed by atoms with E-state index in [4.69, 9.17) is 10.4 Å². The Balaban J connectivity index is 3.37. The molecule has 0 saturated heterocycles. The van der Waals surface area contributed by atoms with Gasteiger partial charge in [-0.05, 0) is 29.7 Å². The normalized spacial score (nSPS) is 9.50. The quantitative estimate of drug-likeness (QED) is 0.776. The Kier molecular flexibility index (Phi) is 3.78. The number of benzene rings is 1. The second-order valence-corrected chi connectivity index (χ2v) is 3.36. The van der Waals surface area contributed by atoms with Gasteiger partial charge in [0.2, 0.25) is 0 Å². The largest absolute Gasteiger partial charge is 0.481 e. The second-order valence-electron chi connectivity index (χ2n) is 3.36. The number of carbonyl (C=O) groups excluding carboxylic acids is 1. The molecule has 82 valence electrons. The van der Waals surface area contributed by atoms with Crippen molar-refractivity contribution in [1.29, 1.82) is 5.26 Å². The van der Waals surface area contributed by atoms with Crippen molar-refractivity contribution in [2.75, 3.05) is 0 Å². The van der Waals surface area contributed by atoms with E-state index in [0.29, 0.717) is 35.0 Å². The van der Waals surface area contributed by atoms with Gasteiger partial charge in [0.05, 0.1) is 18.1 Å². The second kappa shape index (κ2) is 5.08. The fourth-order valence-electron chi connectivity index (χ4n) is 1.66. The smallest absolute Gasteiger partial charge is 0.307 e. The number of nitrogens with zero attached hydrogens (tertiary/aromatic N) is 1. The fraction of sp³-hybridized carbons (Fsp3) is 0.250. The van der Waals surface area contributed by atoms with E-state index < -0.39 is 5.97 Å². The Morgan fingerprint density at radius 1 is 1.56 bits per heavy atom. The van der Waals surface area contributed by atoms with Crippen molar-refractivity contribution < 1.29 is 14.7 Å². The standard InChI is InChI=1S/C12H11NO3/c1-2-11-9(5-12(15)16)3-8(7-14)4-10(11)6-13/h3-4,7H,2,5H2,1H3,(H,15,16). The molecule has 0 radical (unpaired) electrons. The van der Waals surface area contributed by atoms with E-state index in [9.17, 15) is 9.59 Å². The molecule has 4 heteroatoms. The van der Waals surface area contributed by atoms with E-state index in [1.807, 2.05) is 13.0 Å². The molecule has 0 bridgehead atoms. The molecule has 1 aromatic rings. The van der Waals surface area contributed by atoms with Crippen molar-refractivity contribution in [1.82, 2.24) is 0 Å². The van der Waals surface area contributed by atoms with Crippen LogP contribution in [0.25, 0.3) is 0 Å². The molecule has 0 aliphatic rings. The lowest BCUT2D eigenvalue weighted by molar-refractivity contribution is -0.136. The maximum Gasteiger partial charge on any atom is 0.307 e. The molecular formula is C12H11NO3. The number of hydrogen-bond donors (Lipinski definition) is 1. The van der Waals surface area contributed by atoms with E-state index in [2.05, 4.69) is 0 Å². The Labute approximate surface area is 93.1 Å². The molecule has 1 aromatic carbocycles. The number of carboxylic acid groups (broad SMARTS) is 1. The van der Waals surface area contributed by atoms with E-state index in [1.165, 1.54) is 12.1 Å². The maximum atomic E-state index is 10.7. The summed E-state index contributed by atoms with van der Waals surface area (Å²) in [6.45, 7) is 1.85. The first kappa shape index (κ1) is 11.9. The molecule has 0 saturated carbocycles. The topological polar surface area (TPSA) is 78.2 Å². The van der Waals surface area contributed by atoms with E-state index in [-0.39, 0.29) is 6.42 Å². The molecule has 0 fully saturated rings. The number of carbonyl (C=O) groups is 2. The number of rotatable bonds is 4. The van der Waals surface area contributed by atoms with E-state index in [1.54, 1.807) is 0 Å². The Bertz CT molecular complexity index is 472. The average Bonchev–Trinajstić information content (AvgIpc) is 2.27. The van der Waals surface area contributed by atoms with Crippen LogP contribution in [0.2, 0.25) is 0 Å². The first-order chi connectivity index (χ1) is 7.62. The van der Waals surface area contributed by atoms with Gasteiger partial charge in [-0.3, -0.25) is 9.59 Å². The van der Waals surface area contributed by atoms with Crippen molar-refractivity contribution in [3.63, 3.8) is 0 Å². The van der Waals surface area contributed by atoms with Gasteiger partial charge in [-0.15, -0.1) is 0 Å². The summed E-state index contributed by atoms with van der Waals surface area (Å²) < 4.78 is 0. The molecule has 4 nitrogen and oxygen atoms in total. The number of nitriles is 1. The summed E-state index contributed by atoms with van der Waals surface area (Å²) >= 11 is 0. The minimum absolute atomic E-state index is 0.167. The van der Waals surface area contributed by atoms with Crippen molar-refractivity contribution in [2.24, 2.45) is 0 Å². The first-order valence-corrected chi connectivity index (χ1v) is 4.85. The van der Waals surface area contributed by atoms with E-state index in [0.717, 1.165) is 0 Å². The number of carboxylic acids is 1. The lowest BCUT2D eigenvalue weighted by Gasteiger charge is -2.08. The molecule has 0 spiro atoms. The summed E-state index contributed by atoms with van der Waals surface area (Å²) in [6, 6.07) is 4.99. The highest BCUT2D eigenvalue weighted by Crippen LogP contribution is 2.18. The summed E-state index contributed by atoms with van der Waals surface area (Å²) in [5, 5.41) is 17.7. The number of hydrogen-bond acceptors (Lipinski definition) is 3. The van der Waals surface area contributed by atoms with Crippen LogP contribution >= 0.6 is 0 Å². The molecule has 0 heterocycles. The molecule has 0 unspecified atom stereocenters. The third-order valence-electron chi connectivity index (χ3n) is 2.32. The van der Waals surface area contributed by atoms with Crippen molar-refractivity contribution in [3.05, 3.63) is 34.4 Å². The Morgan fingerprint density at radius 3 is 2.69 bits per heavy atom. The molecule has 0 aromatic heterocycles. The number of aldehydes is 1. The zero-order chi connectivity index (χ0) is 12.1. The van der Waals surface area contributed by atoms with Gasteiger partial charge in [0.25, 0.3) is 0 Å². The molecule has 0 aliphatic heterocycles. The van der Waals surface area contributed by atoms with Gasteiger partial charge in [0, 0.05) is 5.56 Å². The predicted octanol–water partition coefficient (Wildman–Crippen LogP) is 1.56. The minimum Gasteiger partial charge on any atom is -0.481 e. The van der Waals surface area contributed by atoms with Crippen molar-refractivity contribution in [3.8, 4) is 6.07 Å². The third-order valence-corrected chi connectivity index (χ3v) is 2.32. The Morgan fingerprint density at radius 2 is 2.25 bits per heavy atom. The third kappa shape index (κ3) is 2.45. The van der Waals surface area contributed by atoms with Gasteiger partial charge < -0.3 is 5.11 Å². The number of aliphatic carboxylic acids is 1. The SMILES string of the molecule is CCc1c(C#N)cc(C=O)cc1CC(=O)O. The zero-order valence-corrected chi connectivity index (χ0v) is 8.86. The zero-order valence-electron chi connectivity index (χ0n) is 8.86. The molecule has 0 amide bonds. The highest BCUT2D eigenvalue weighted by Gasteiger charge is 2.11. The van der Waals surface area contributed by atoms with Gasteiger partial charge >= 0.3 is 5.97 Å². The van der Waals surface area contributed by atoms with Crippen molar-refractivity contribution >= 4 is 12.3 Å². The van der Waals surface area contributed by atoms with Crippen LogP contribution in [0.15, 0.2) is 12.1 Å². The summed E-state index contributed by atoms with van der Waals surface area (Å²) in [5.74, 6) is -0.971. The van der Waals surface area contributed by atoms with Crippen LogP contribution in [-0.4, -0.2) is 17.4 Å².